The molecule has 14 heavy (non-hydrogen) atoms. The van der Waals surface area contributed by atoms with Crippen molar-refractivity contribution in [3.63, 3.8) is 0 Å². The van der Waals surface area contributed by atoms with Crippen LogP contribution in [0.1, 0.15) is 26.0 Å². The maximum absolute atomic E-state index is 5.56. The lowest BCUT2D eigenvalue weighted by molar-refractivity contribution is 0.168. The van der Waals surface area contributed by atoms with Gasteiger partial charge in [-0.05, 0) is 19.5 Å². The number of nitrogens with two attached hydrogens (primary N) is 1. The van der Waals surface area contributed by atoms with Crippen molar-refractivity contribution in [3.05, 3.63) is 11.8 Å². The number of nitrogens with zero attached hydrogens (tertiary/aromatic N) is 3. The van der Waals surface area contributed by atoms with Crippen LogP contribution in [-0.4, -0.2) is 27.8 Å². The van der Waals surface area contributed by atoms with Crippen LogP contribution in [0.15, 0.2) is 6.07 Å². The van der Waals surface area contributed by atoms with Crippen LogP contribution in [0.5, 0.6) is 0 Å². The first-order valence-corrected chi connectivity index (χ1v) is 5.26. The fourth-order valence-corrected chi connectivity index (χ4v) is 1.45. The zero-order valence-corrected chi connectivity index (χ0v) is 9.32. The molecule has 2 N–H and O–H groups in total. The molecule has 4 heteroatoms. The molecule has 0 spiro atoms. The predicted molar refractivity (Wildman–Crippen MR) is 58.9 cm³/mol. The number of rotatable bonds is 2. The number of aryl methyl sites for hydroxylation is 1. The number of hydrogen-bond donors (Lipinski definition) is 1. The Bertz CT molecular complexity index is 276. The lowest BCUT2D eigenvalue weighted by Gasteiger charge is -2.30. The summed E-state index contributed by atoms with van der Waals surface area (Å²) in [6, 6.07) is 1.94. The minimum atomic E-state index is 0.619. The van der Waals surface area contributed by atoms with E-state index in [0.717, 1.165) is 6.54 Å². The summed E-state index contributed by atoms with van der Waals surface area (Å²) in [6.07, 6.45) is 1.33. The lowest BCUT2D eigenvalue weighted by Crippen LogP contribution is -2.36. The molecule has 0 bridgehead atoms. The smallest absolute Gasteiger partial charge is 0.145 e. The second-order valence-electron chi connectivity index (χ2n) is 3.31. The molecular formula is C10H20N4. The van der Waals surface area contributed by atoms with Crippen molar-refractivity contribution in [1.82, 2.24) is 14.7 Å². The zero-order chi connectivity index (χ0) is 10.6. The van der Waals surface area contributed by atoms with Crippen LogP contribution in [0.25, 0.3) is 0 Å². The first-order valence-electron chi connectivity index (χ1n) is 5.26. The quantitative estimate of drug-likeness (QED) is 0.774. The van der Waals surface area contributed by atoms with Crippen molar-refractivity contribution in [2.24, 2.45) is 7.05 Å². The molecule has 0 atom stereocenters. The molecule has 0 saturated carbocycles. The third-order valence-corrected chi connectivity index (χ3v) is 2.33. The van der Waals surface area contributed by atoms with Gasteiger partial charge in [0.2, 0.25) is 0 Å². The maximum Gasteiger partial charge on any atom is 0.145 e. The Morgan fingerprint density at radius 3 is 2.43 bits per heavy atom. The van der Waals surface area contributed by atoms with Crippen LogP contribution >= 0.6 is 0 Å². The third-order valence-electron chi connectivity index (χ3n) is 2.33. The Labute approximate surface area is 85.7 Å². The monoisotopic (exact) mass is 196 g/mol. The summed E-state index contributed by atoms with van der Waals surface area (Å²) in [5, 5.41) is 4.09. The van der Waals surface area contributed by atoms with Crippen molar-refractivity contribution in [2.75, 3.05) is 18.8 Å². The van der Waals surface area contributed by atoms with Gasteiger partial charge in [-0.1, -0.05) is 13.8 Å². The largest absolute Gasteiger partial charge is 0.382 e. The van der Waals surface area contributed by atoms with Gasteiger partial charge in [-0.3, -0.25) is 9.58 Å². The highest BCUT2D eigenvalue weighted by Crippen LogP contribution is 2.13. The highest BCUT2D eigenvalue weighted by atomic mass is 15.3. The van der Waals surface area contributed by atoms with Gasteiger partial charge in [-0.2, -0.15) is 5.10 Å². The Morgan fingerprint density at radius 1 is 1.43 bits per heavy atom. The van der Waals surface area contributed by atoms with Gasteiger partial charge >= 0.3 is 0 Å². The van der Waals surface area contributed by atoms with Crippen molar-refractivity contribution in [1.29, 1.82) is 0 Å². The van der Waals surface area contributed by atoms with Crippen LogP contribution in [0.3, 0.4) is 0 Å². The van der Waals surface area contributed by atoms with E-state index in [4.69, 9.17) is 5.73 Å². The molecule has 2 heterocycles. The van der Waals surface area contributed by atoms with Gasteiger partial charge in [0.15, 0.2) is 0 Å². The van der Waals surface area contributed by atoms with Crippen LogP contribution in [0, 0.1) is 0 Å². The van der Waals surface area contributed by atoms with E-state index in [0.29, 0.717) is 5.82 Å². The molecule has 80 valence electrons. The van der Waals surface area contributed by atoms with Crippen LogP contribution < -0.4 is 5.73 Å². The van der Waals surface area contributed by atoms with Crippen LogP contribution in [-0.2, 0) is 13.6 Å². The summed E-state index contributed by atoms with van der Waals surface area (Å²) in [6.45, 7) is 7.41. The molecule has 4 nitrogen and oxygen atoms in total. The average molecular weight is 196 g/mol. The summed E-state index contributed by atoms with van der Waals surface area (Å²) in [5.41, 5.74) is 6.77. The minimum absolute atomic E-state index is 0.619. The molecule has 1 aromatic rings. The van der Waals surface area contributed by atoms with Gasteiger partial charge in [-0.25, -0.2) is 0 Å². The Hall–Kier alpha value is -1.03. The van der Waals surface area contributed by atoms with Gasteiger partial charge in [0.1, 0.15) is 5.82 Å². The Morgan fingerprint density at radius 2 is 2.07 bits per heavy atom. The molecule has 1 aliphatic heterocycles. The number of anilines is 1. The first kappa shape index (κ1) is 11.0. The fraction of sp³-hybridized carbons (Fsp3) is 0.700. The van der Waals surface area contributed by atoms with Gasteiger partial charge < -0.3 is 5.73 Å². The standard InChI is InChI=1S/C8H14N4.C2H6/c1-11-7(5-8(9)10-11)6-12-3-2-4-12;1-2/h5H,2-4,6H2,1H3,(H2,9,10);1-2H3. The van der Waals surface area contributed by atoms with Crippen molar-refractivity contribution in [2.45, 2.75) is 26.8 Å². The summed E-state index contributed by atoms with van der Waals surface area (Å²) in [4.78, 5) is 2.39. The fourth-order valence-electron chi connectivity index (χ4n) is 1.45. The highest BCUT2D eigenvalue weighted by molar-refractivity contribution is 5.29. The van der Waals surface area contributed by atoms with E-state index in [-0.39, 0.29) is 0 Å². The number of likely N-dealkylation sites (tertiary alicyclic amines) is 1. The third kappa shape index (κ3) is 2.48. The molecule has 1 fully saturated rings. The van der Waals surface area contributed by atoms with E-state index in [2.05, 4.69) is 10.00 Å². The average Bonchev–Trinajstić information content (AvgIpc) is 2.42. The van der Waals surface area contributed by atoms with Gasteiger partial charge in [0.05, 0.1) is 5.69 Å². The molecule has 1 saturated heterocycles. The van der Waals surface area contributed by atoms with E-state index >= 15 is 0 Å². The highest BCUT2D eigenvalue weighted by Gasteiger charge is 2.15. The molecule has 1 aliphatic rings. The van der Waals surface area contributed by atoms with Gasteiger partial charge in [-0.15, -0.1) is 0 Å². The predicted octanol–water partition coefficient (Wildman–Crippen LogP) is 1.23. The van der Waals surface area contributed by atoms with Gasteiger partial charge in [0.25, 0.3) is 0 Å². The lowest BCUT2D eigenvalue weighted by atomic mass is 10.2. The summed E-state index contributed by atoms with van der Waals surface area (Å²) in [5.74, 6) is 0.619. The molecule has 0 radical (unpaired) electrons. The van der Waals surface area contributed by atoms with Gasteiger partial charge in [0, 0.05) is 19.7 Å². The molecule has 0 aliphatic carbocycles. The molecular weight excluding hydrogens is 176 g/mol. The van der Waals surface area contributed by atoms with Crippen LogP contribution in [0.2, 0.25) is 0 Å². The van der Waals surface area contributed by atoms with E-state index < -0.39 is 0 Å². The second kappa shape index (κ2) is 5.00. The van der Waals surface area contributed by atoms with Crippen molar-refractivity contribution < 1.29 is 0 Å². The number of hydrogen-bond acceptors (Lipinski definition) is 3. The minimum Gasteiger partial charge on any atom is -0.382 e. The zero-order valence-electron chi connectivity index (χ0n) is 9.32. The number of aromatic nitrogens is 2. The SMILES string of the molecule is CC.Cn1nc(N)cc1CN1CCC1. The van der Waals surface area contributed by atoms with E-state index in [9.17, 15) is 0 Å². The maximum atomic E-state index is 5.56. The molecule has 2 rings (SSSR count). The topological polar surface area (TPSA) is 47.1 Å². The first-order chi connectivity index (χ1) is 6.75. The van der Waals surface area contributed by atoms with Crippen LogP contribution in [0.4, 0.5) is 5.82 Å². The van der Waals surface area contributed by atoms with E-state index in [1.54, 1.807) is 0 Å². The number of nitrogen functional groups attached to an aromatic ring is 1. The van der Waals surface area contributed by atoms with Crippen molar-refractivity contribution in [3.8, 4) is 0 Å². The summed E-state index contributed by atoms with van der Waals surface area (Å²) in [7, 11) is 1.94. The summed E-state index contributed by atoms with van der Waals surface area (Å²) >= 11 is 0. The summed E-state index contributed by atoms with van der Waals surface area (Å²) < 4.78 is 1.85. The van der Waals surface area contributed by atoms with E-state index in [1.165, 1.54) is 25.2 Å². The van der Waals surface area contributed by atoms with Crippen molar-refractivity contribution >= 4 is 5.82 Å². The second-order valence-corrected chi connectivity index (χ2v) is 3.31. The molecule has 0 aromatic carbocycles. The molecule has 1 aromatic heterocycles. The normalized spacial score (nSPS) is 15.6. The Balaban J connectivity index is 0.000000461. The Kier molecular flexibility index (Phi) is 3.95. The molecule has 0 amide bonds. The van der Waals surface area contributed by atoms with E-state index in [1.807, 2.05) is 31.6 Å². The molecule has 0 unspecified atom stereocenters.